The normalized spacial score (nSPS) is 11.1. The molecular formula is C28H48O5. The highest BCUT2D eigenvalue weighted by molar-refractivity contribution is 5.74. The SMILES string of the molecule is CCCCCCCCCCCCCCCOCCOCCOCCOc1ccc(C=O)cc1. The Bertz CT molecular complexity index is 532. The molecule has 0 unspecified atom stereocenters. The van der Waals surface area contributed by atoms with Crippen LogP contribution in [0.2, 0.25) is 0 Å². The van der Waals surface area contributed by atoms with Crippen LogP contribution in [0, 0.1) is 0 Å². The average molecular weight is 465 g/mol. The molecule has 0 amide bonds. The van der Waals surface area contributed by atoms with Crippen molar-refractivity contribution in [2.24, 2.45) is 0 Å². The zero-order chi connectivity index (χ0) is 23.7. The molecule has 0 saturated carbocycles. The van der Waals surface area contributed by atoms with Gasteiger partial charge in [0.2, 0.25) is 0 Å². The van der Waals surface area contributed by atoms with Crippen LogP contribution in [-0.2, 0) is 14.2 Å². The Hall–Kier alpha value is -1.43. The van der Waals surface area contributed by atoms with Gasteiger partial charge in [-0.3, -0.25) is 4.79 Å². The van der Waals surface area contributed by atoms with Crippen molar-refractivity contribution in [3.05, 3.63) is 29.8 Å². The fourth-order valence-corrected chi connectivity index (χ4v) is 3.62. The largest absolute Gasteiger partial charge is 0.491 e. The monoisotopic (exact) mass is 464 g/mol. The molecule has 190 valence electrons. The van der Waals surface area contributed by atoms with E-state index in [1.807, 2.05) is 0 Å². The molecule has 0 fully saturated rings. The third-order valence-corrected chi connectivity index (χ3v) is 5.65. The second-order valence-electron chi connectivity index (χ2n) is 8.62. The van der Waals surface area contributed by atoms with Crippen molar-refractivity contribution in [1.29, 1.82) is 0 Å². The second kappa shape index (κ2) is 23.7. The van der Waals surface area contributed by atoms with Gasteiger partial charge in [0.25, 0.3) is 0 Å². The van der Waals surface area contributed by atoms with Crippen LogP contribution in [0.15, 0.2) is 24.3 Å². The number of carbonyl (C=O) groups excluding carboxylic acids is 1. The fourth-order valence-electron chi connectivity index (χ4n) is 3.62. The molecule has 5 heteroatoms. The topological polar surface area (TPSA) is 54.0 Å². The molecule has 0 saturated heterocycles. The highest BCUT2D eigenvalue weighted by atomic mass is 16.6. The highest BCUT2D eigenvalue weighted by Crippen LogP contribution is 2.12. The van der Waals surface area contributed by atoms with E-state index in [0.29, 0.717) is 45.2 Å². The van der Waals surface area contributed by atoms with Crippen LogP contribution in [0.4, 0.5) is 0 Å². The van der Waals surface area contributed by atoms with E-state index in [9.17, 15) is 4.79 Å². The molecule has 1 rings (SSSR count). The first-order chi connectivity index (χ1) is 16.4. The first kappa shape index (κ1) is 29.6. The average Bonchev–Trinajstić information content (AvgIpc) is 2.85. The van der Waals surface area contributed by atoms with Gasteiger partial charge in [-0.15, -0.1) is 0 Å². The van der Waals surface area contributed by atoms with Crippen molar-refractivity contribution in [2.75, 3.05) is 46.2 Å². The van der Waals surface area contributed by atoms with E-state index in [0.717, 1.165) is 25.1 Å². The van der Waals surface area contributed by atoms with Crippen LogP contribution in [0.1, 0.15) is 101 Å². The van der Waals surface area contributed by atoms with Gasteiger partial charge < -0.3 is 18.9 Å². The number of hydrogen-bond acceptors (Lipinski definition) is 5. The lowest BCUT2D eigenvalue weighted by Gasteiger charge is -2.08. The number of ether oxygens (including phenoxy) is 4. The summed E-state index contributed by atoms with van der Waals surface area (Å²) in [6.45, 7) is 6.47. The molecule has 0 aliphatic heterocycles. The zero-order valence-electron chi connectivity index (χ0n) is 21.1. The third kappa shape index (κ3) is 19.7. The van der Waals surface area contributed by atoms with E-state index in [1.165, 1.54) is 77.0 Å². The maximum atomic E-state index is 10.6. The van der Waals surface area contributed by atoms with Crippen molar-refractivity contribution < 1.29 is 23.7 Å². The van der Waals surface area contributed by atoms with E-state index < -0.39 is 0 Å². The van der Waals surface area contributed by atoms with Gasteiger partial charge in [-0.25, -0.2) is 0 Å². The van der Waals surface area contributed by atoms with Crippen LogP contribution in [-0.4, -0.2) is 52.5 Å². The van der Waals surface area contributed by atoms with Crippen molar-refractivity contribution >= 4 is 6.29 Å². The van der Waals surface area contributed by atoms with Gasteiger partial charge in [0, 0.05) is 12.2 Å². The molecule has 0 aromatic heterocycles. The fraction of sp³-hybridized carbons (Fsp3) is 0.750. The van der Waals surface area contributed by atoms with Gasteiger partial charge in [0.1, 0.15) is 18.6 Å². The number of benzene rings is 1. The van der Waals surface area contributed by atoms with Crippen LogP contribution in [0.25, 0.3) is 0 Å². The molecule has 1 aromatic rings. The second-order valence-corrected chi connectivity index (χ2v) is 8.62. The first-order valence-electron chi connectivity index (χ1n) is 13.3. The van der Waals surface area contributed by atoms with Crippen LogP contribution in [0.5, 0.6) is 5.75 Å². The minimum Gasteiger partial charge on any atom is -0.491 e. The van der Waals surface area contributed by atoms with Gasteiger partial charge in [-0.05, 0) is 30.7 Å². The van der Waals surface area contributed by atoms with E-state index in [1.54, 1.807) is 24.3 Å². The predicted octanol–water partition coefficient (Wildman–Crippen LogP) is 7.02. The maximum Gasteiger partial charge on any atom is 0.150 e. The van der Waals surface area contributed by atoms with Crippen molar-refractivity contribution in [1.82, 2.24) is 0 Å². The van der Waals surface area contributed by atoms with Crippen molar-refractivity contribution in [3.8, 4) is 5.75 Å². The lowest BCUT2D eigenvalue weighted by atomic mass is 10.0. The Balaban J connectivity index is 1.69. The summed E-state index contributed by atoms with van der Waals surface area (Å²) in [6.07, 6.45) is 18.7. The maximum absolute atomic E-state index is 10.6. The summed E-state index contributed by atoms with van der Waals surface area (Å²) in [4.78, 5) is 10.6. The molecule has 0 spiro atoms. The van der Waals surface area contributed by atoms with Crippen LogP contribution < -0.4 is 4.74 Å². The predicted molar refractivity (Wildman–Crippen MR) is 135 cm³/mol. The molecule has 0 radical (unpaired) electrons. The summed E-state index contributed by atoms with van der Waals surface area (Å²) in [6, 6.07) is 7.03. The number of hydrogen-bond donors (Lipinski definition) is 0. The smallest absolute Gasteiger partial charge is 0.150 e. The Morgan fingerprint density at radius 3 is 1.45 bits per heavy atom. The molecule has 5 nitrogen and oxygen atoms in total. The highest BCUT2D eigenvalue weighted by Gasteiger charge is 1.97. The zero-order valence-corrected chi connectivity index (χ0v) is 21.1. The van der Waals surface area contributed by atoms with Crippen LogP contribution in [0.3, 0.4) is 0 Å². The lowest BCUT2D eigenvalue weighted by Crippen LogP contribution is -2.13. The van der Waals surface area contributed by atoms with E-state index in [-0.39, 0.29) is 0 Å². The van der Waals surface area contributed by atoms with E-state index >= 15 is 0 Å². The molecule has 0 aliphatic rings. The van der Waals surface area contributed by atoms with Crippen LogP contribution >= 0.6 is 0 Å². The molecule has 0 N–H and O–H groups in total. The summed E-state index contributed by atoms with van der Waals surface area (Å²) in [5, 5.41) is 0. The van der Waals surface area contributed by atoms with Gasteiger partial charge in [0.15, 0.2) is 0 Å². The molecule has 0 heterocycles. The Morgan fingerprint density at radius 1 is 0.545 bits per heavy atom. The van der Waals surface area contributed by atoms with Gasteiger partial charge in [-0.1, -0.05) is 84.0 Å². The molecule has 0 bridgehead atoms. The number of unbranched alkanes of at least 4 members (excludes halogenated alkanes) is 12. The van der Waals surface area contributed by atoms with Crippen molar-refractivity contribution in [2.45, 2.75) is 90.4 Å². The quantitative estimate of drug-likeness (QED) is 0.115. The van der Waals surface area contributed by atoms with Gasteiger partial charge >= 0.3 is 0 Å². The molecule has 0 atom stereocenters. The lowest BCUT2D eigenvalue weighted by molar-refractivity contribution is 0.00878. The molecular weight excluding hydrogens is 416 g/mol. The Labute approximate surface area is 202 Å². The Morgan fingerprint density at radius 2 is 0.970 bits per heavy atom. The summed E-state index contributed by atoms with van der Waals surface area (Å²) < 4.78 is 22.2. The van der Waals surface area contributed by atoms with E-state index in [4.69, 9.17) is 18.9 Å². The molecule has 1 aromatic carbocycles. The number of carbonyl (C=O) groups is 1. The summed E-state index contributed by atoms with van der Waals surface area (Å²) in [5.74, 6) is 0.737. The number of rotatable bonds is 25. The van der Waals surface area contributed by atoms with Gasteiger partial charge in [-0.2, -0.15) is 0 Å². The summed E-state index contributed by atoms with van der Waals surface area (Å²) in [7, 11) is 0. The minimum absolute atomic E-state index is 0.475. The molecule has 33 heavy (non-hydrogen) atoms. The first-order valence-corrected chi connectivity index (χ1v) is 13.3. The summed E-state index contributed by atoms with van der Waals surface area (Å²) >= 11 is 0. The number of aldehydes is 1. The minimum atomic E-state index is 0.475. The Kier molecular flexibility index (Phi) is 21.3. The standard InChI is InChI=1S/C28H48O5/c1-2-3-4-5-6-7-8-9-10-11-12-13-14-19-30-20-21-31-22-23-32-24-25-33-28-17-15-27(26-29)16-18-28/h15-18,26H,2-14,19-25H2,1H3. The van der Waals surface area contributed by atoms with Crippen molar-refractivity contribution in [3.63, 3.8) is 0 Å². The molecule has 0 aliphatic carbocycles. The third-order valence-electron chi connectivity index (χ3n) is 5.65. The summed E-state index contributed by atoms with van der Waals surface area (Å²) in [5.41, 5.74) is 0.643. The van der Waals surface area contributed by atoms with Gasteiger partial charge in [0.05, 0.1) is 33.0 Å². The van der Waals surface area contributed by atoms with E-state index in [2.05, 4.69) is 6.92 Å².